The van der Waals surface area contributed by atoms with E-state index in [1.807, 2.05) is 53.1 Å². The lowest BCUT2D eigenvalue weighted by molar-refractivity contribution is -0.131. The number of hydrazone groups is 1. The number of rotatable bonds is 10. The molecule has 0 spiro atoms. The highest BCUT2D eigenvalue weighted by Gasteiger charge is 2.19. The number of hydrogen-bond donors (Lipinski definition) is 1. The number of aromatic nitrogens is 3. The number of carbonyl (C=O) groups excluding carboxylic acids is 2. The van der Waals surface area contributed by atoms with E-state index in [9.17, 15) is 9.59 Å². The van der Waals surface area contributed by atoms with Gasteiger partial charge in [0.15, 0.2) is 22.5 Å². The highest BCUT2D eigenvalue weighted by atomic mass is 32.2. The maximum atomic E-state index is 12.6. The molecule has 3 aromatic carbocycles. The van der Waals surface area contributed by atoms with Crippen LogP contribution in [0.1, 0.15) is 19.4 Å². The van der Waals surface area contributed by atoms with E-state index in [0.29, 0.717) is 33.9 Å². The Morgan fingerprint density at radius 2 is 1.64 bits per heavy atom. The van der Waals surface area contributed by atoms with Crippen molar-refractivity contribution in [2.45, 2.75) is 19.0 Å². The first-order valence-corrected chi connectivity index (χ1v) is 12.9. The summed E-state index contributed by atoms with van der Waals surface area (Å²) in [4.78, 5) is 23.7. The Morgan fingerprint density at radius 3 is 2.31 bits per heavy atom. The lowest BCUT2D eigenvalue weighted by Gasteiger charge is -2.12. The van der Waals surface area contributed by atoms with E-state index in [1.54, 1.807) is 45.4 Å². The minimum atomic E-state index is -0.392. The van der Waals surface area contributed by atoms with Gasteiger partial charge in [0.05, 0.1) is 25.7 Å². The van der Waals surface area contributed by atoms with Crippen molar-refractivity contribution in [2.75, 3.05) is 20.0 Å². The molecule has 1 heterocycles. The van der Waals surface area contributed by atoms with Gasteiger partial charge < -0.3 is 14.2 Å². The number of benzene rings is 3. The fourth-order valence-electron chi connectivity index (χ4n) is 3.64. The van der Waals surface area contributed by atoms with Crippen LogP contribution in [0.2, 0.25) is 0 Å². The molecule has 0 atom stereocenters. The van der Waals surface area contributed by atoms with Crippen LogP contribution in [-0.4, -0.2) is 52.3 Å². The number of amides is 1. The number of methoxy groups -OCH3 is 2. The third kappa shape index (κ3) is 6.82. The van der Waals surface area contributed by atoms with E-state index in [2.05, 4.69) is 20.7 Å². The van der Waals surface area contributed by atoms with Gasteiger partial charge in [0, 0.05) is 18.2 Å². The summed E-state index contributed by atoms with van der Waals surface area (Å²) in [5.41, 5.74) is 5.59. The summed E-state index contributed by atoms with van der Waals surface area (Å²) in [5.74, 6) is 1.59. The summed E-state index contributed by atoms with van der Waals surface area (Å²) in [7, 11) is 3.16. The van der Waals surface area contributed by atoms with E-state index in [1.165, 1.54) is 18.7 Å². The summed E-state index contributed by atoms with van der Waals surface area (Å²) in [6.45, 7) is 3.11. The second kappa shape index (κ2) is 12.7. The van der Waals surface area contributed by atoms with Crippen molar-refractivity contribution in [1.29, 1.82) is 0 Å². The summed E-state index contributed by atoms with van der Waals surface area (Å²) in [6, 6.07) is 22.0. The van der Waals surface area contributed by atoms with Crippen LogP contribution in [0.25, 0.3) is 17.1 Å². The Kier molecular flexibility index (Phi) is 8.95. The third-order valence-electron chi connectivity index (χ3n) is 5.50. The quantitative estimate of drug-likeness (QED) is 0.102. The molecule has 10 nitrogen and oxygen atoms in total. The standard InChI is InChI=1S/C28H27N5O5S/c1-18(20-10-13-23(14-11-20)38-19(2)34)29-30-26(35)17-39-28-32-31-27(33(28)22-8-6-5-7-9-22)21-12-15-24(36-3)25(16-21)37-4/h5-16H,17H2,1-4H3,(H,30,35)/b29-18-. The van der Waals surface area contributed by atoms with Crippen molar-refractivity contribution >= 4 is 29.4 Å². The number of esters is 1. The zero-order valence-corrected chi connectivity index (χ0v) is 22.7. The normalized spacial score (nSPS) is 11.1. The van der Waals surface area contributed by atoms with Gasteiger partial charge in [-0.25, -0.2) is 5.43 Å². The molecule has 0 aliphatic heterocycles. The van der Waals surface area contributed by atoms with Gasteiger partial charge in [0.1, 0.15) is 5.75 Å². The largest absolute Gasteiger partial charge is 0.493 e. The van der Waals surface area contributed by atoms with E-state index < -0.39 is 5.97 Å². The van der Waals surface area contributed by atoms with Gasteiger partial charge >= 0.3 is 5.97 Å². The first-order valence-electron chi connectivity index (χ1n) is 11.9. The molecular weight excluding hydrogens is 518 g/mol. The number of para-hydroxylation sites is 1. The van der Waals surface area contributed by atoms with Crippen molar-refractivity contribution in [3.05, 3.63) is 78.4 Å². The molecule has 11 heteroatoms. The highest BCUT2D eigenvalue weighted by molar-refractivity contribution is 7.99. The SMILES string of the molecule is COc1ccc(-c2nnc(SCC(=O)N/N=C(/C)c3ccc(OC(C)=O)cc3)n2-c2ccccc2)cc1OC. The monoisotopic (exact) mass is 545 g/mol. The zero-order chi connectivity index (χ0) is 27.8. The molecule has 0 saturated carbocycles. The summed E-state index contributed by atoms with van der Waals surface area (Å²) < 4.78 is 17.7. The predicted molar refractivity (Wildman–Crippen MR) is 149 cm³/mol. The molecule has 0 unspecified atom stereocenters. The fraction of sp³-hybridized carbons (Fsp3) is 0.179. The van der Waals surface area contributed by atoms with Crippen molar-refractivity contribution < 1.29 is 23.8 Å². The topological polar surface area (TPSA) is 117 Å². The number of hydrogen-bond acceptors (Lipinski definition) is 9. The second-order valence-electron chi connectivity index (χ2n) is 8.19. The van der Waals surface area contributed by atoms with Gasteiger partial charge in [-0.05, 0) is 67.1 Å². The van der Waals surface area contributed by atoms with Gasteiger partial charge in [0.25, 0.3) is 5.91 Å². The highest BCUT2D eigenvalue weighted by Crippen LogP contribution is 2.34. The van der Waals surface area contributed by atoms with E-state index in [-0.39, 0.29) is 11.7 Å². The van der Waals surface area contributed by atoms with Gasteiger partial charge in [-0.3, -0.25) is 14.2 Å². The molecule has 4 rings (SSSR count). The van der Waals surface area contributed by atoms with E-state index in [4.69, 9.17) is 14.2 Å². The number of carbonyl (C=O) groups is 2. The van der Waals surface area contributed by atoms with Gasteiger partial charge in [0.2, 0.25) is 0 Å². The molecule has 0 radical (unpaired) electrons. The lowest BCUT2D eigenvalue weighted by Crippen LogP contribution is -2.21. The van der Waals surface area contributed by atoms with Gasteiger partial charge in [-0.1, -0.05) is 30.0 Å². The molecule has 1 N–H and O–H groups in total. The van der Waals surface area contributed by atoms with Crippen molar-refractivity contribution in [3.8, 4) is 34.3 Å². The molecular formula is C28H27N5O5S. The molecule has 4 aromatic rings. The van der Waals surface area contributed by atoms with Crippen LogP contribution in [0.5, 0.6) is 17.2 Å². The van der Waals surface area contributed by atoms with Gasteiger partial charge in [-0.2, -0.15) is 5.10 Å². The van der Waals surface area contributed by atoms with Crippen LogP contribution < -0.4 is 19.6 Å². The summed E-state index contributed by atoms with van der Waals surface area (Å²) in [6.07, 6.45) is 0. The van der Waals surface area contributed by atoms with Crippen molar-refractivity contribution in [2.24, 2.45) is 5.10 Å². The van der Waals surface area contributed by atoms with Crippen LogP contribution in [0.4, 0.5) is 0 Å². The Morgan fingerprint density at radius 1 is 0.923 bits per heavy atom. The molecule has 0 saturated heterocycles. The molecule has 0 fully saturated rings. The molecule has 0 bridgehead atoms. The Bertz CT molecular complexity index is 1490. The van der Waals surface area contributed by atoms with Crippen LogP contribution >= 0.6 is 11.8 Å². The number of thioether (sulfide) groups is 1. The summed E-state index contributed by atoms with van der Waals surface area (Å²) in [5, 5.41) is 13.5. The Hall–Kier alpha value is -4.64. The maximum Gasteiger partial charge on any atom is 0.308 e. The third-order valence-corrected chi connectivity index (χ3v) is 6.43. The minimum absolute atomic E-state index is 0.0685. The molecule has 200 valence electrons. The maximum absolute atomic E-state index is 12.6. The average molecular weight is 546 g/mol. The molecule has 1 amide bonds. The first-order chi connectivity index (χ1) is 18.9. The second-order valence-corrected chi connectivity index (χ2v) is 9.13. The minimum Gasteiger partial charge on any atom is -0.493 e. The van der Waals surface area contributed by atoms with Crippen LogP contribution in [0, 0.1) is 0 Å². The fourth-order valence-corrected chi connectivity index (χ4v) is 4.38. The van der Waals surface area contributed by atoms with Crippen LogP contribution in [-0.2, 0) is 9.59 Å². The molecule has 39 heavy (non-hydrogen) atoms. The molecule has 1 aromatic heterocycles. The number of nitrogens with zero attached hydrogens (tertiary/aromatic N) is 4. The van der Waals surface area contributed by atoms with Crippen LogP contribution in [0.3, 0.4) is 0 Å². The number of ether oxygens (including phenoxy) is 3. The smallest absolute Gasteiger partial charge is 0.308 e. The molecule has 0 aliphatic rings. The number of nitrogens with one attached hydrogen (secondary N) is 1. The average Bonchev–Trinajstić information content (AvgIpc) is 3.39. The first kappa shape index (κ1) is 27.4. The summed E-state index contributed by atoms with van der Waals surface area (Å²) >= 11 is 1.24. The Balaban J connectivity index is 1.50. The van der Waals surface area contributed by atoms with Crippen molar-refractivity contribution in [3.63, 3.8) is 0 Å². The van der Waals surface area contributed by atoms with Crippen LogP contribution in [0.15, 0.2) is 83.1 Å². The predicted octanol–water partition coefficient (Wildman–Crippen LogP) is 4.51. The van der Waals surface area contributed by atoms with E-state index in [0.717, 1.165) is 16.8 Å². The Labute approximate surface area is 230 Å². The zero-order valence-electron chi connectivity index (χ0n) is 21.9. The van der Waals surface area contributed by atoms with Gasteiger partial charge in [-0.15, -0.1) is 10.2 Å². The van der Waals surface area contributed by atoms with E-state index >= 15 is 0 Å². The van der Waals surface area contributed by atoms with Crippen molar-refractivity contribution in [1.82, 2.24) is 20.2 Å². The molecule has 0 aliphatic carbocycles. The lowest BCUT2D eigenvalue weighted by atomic mass is 10.1.